The average Bonchev–Trinajstić information content (AvgIpc) is 2.60. The van der Waals surface area contributed by atoms with Crippen LogP contribution in [-0.4, -0.2) is 13.1 Å². The fourth-order valence-corrected chi connectivity index (χ4v) is 3.16. The lowest BCUT2D eigenvalue weighted by atomic mass is 9.99. The Morgan fingerprint density at radius 2 is 1.96 bits per heavy atom. The van der Waals surface area contributed by atoms with Crippen LogP contribution < -0.4 is 9.64 Å². The third kappa shape index (κ3) is 3.65. The predicted molar refractivity (Wildman–Crippen MR) is 92.5 cm³/mol. The van der Waals surface area contributed by atoms with Crippen LogP contribution >= 0.6 is 0 Å². The minimum Gasteiger partial charge on any atom is -0.487 e. The summed E-state index contributed by atoms with van der Waals surface area (Å²) in [7, 11) is 0. The lowest BCUT2D eigenvalue weighted by molar-refractivity contribution is 0.305. The molecule has 0 aromatic heterocycles. The number of anilines is 1. The van der Waals surface area contributed by atoms with Crippen LogP contribution in [0.1, 0.15) is 30.9 Å². The van der Waals surface area contributed by atoms with Crippen LogP contribution in [-0.2, 0) is 6.61 Å². The molecule has 3 rings (SSSR count). The van der Waals surface area contributed by atoms with Crippen LogP contribution in [0.4, 0.5) is 5.69 Å². The summed E-state index contributed by atoms with van der Waals surface area (Å²) in [5, 5.41) is 9.19. The molecule has 3 nitrogen and oxygen atoms in total. The van der Waals surface area contributed by atoms with E-state index >= 15 is 0 Å². The number of piperidine rings is 1. The van der Waals surface area contributed by atoms with Gasteiger partial charge in [0.1, 0.15) is 12.4 Å². The van der Waals surface area contributed by atoms with Gasteiger partial charge in [-0.1, -0.05) is 37.3 Å². The number of para-hydroxylation sites is 2. The Kier molecular flexibility index (Phi) is 4.83. The van der Waals surface area contributed by atoms with E-state index in [1.807, 2.05) is 36.4 Å². The Balaban J connectivity index is 1.77. The monoisotopic (exact) mass is 306 g/mol. The van der Waals surface area contributed by atoms with E-state index in [0.29, 0.717) is 12.2 Å². The SMILES string of the molecule is CC1CCCN(c2ccccc2OCc2ccccc2C#N)C1. The van der Waals surface area contributed by atoms with E-state index < -0.39 is 0 Å². The molecule has 23 heavy (non-hydrogen) atoms. The van der Waals surface area contributed by atoms with Gasteiger partial charge in [0, 0.05) is 18.7 Å². The van der Waals surface area contributed by atoms with E-state index in [0.717, 1.165) is 36.0 Å². The maximum Gasteiger partial charge on any atom is 0.143 e. The zero-order valence-electron chi connectivity index (χ0n) is 13.5. The van der Waals surface area contributed by atoms with Crippen LogP contribution in [0.5, 0.6) is 5.75 Å². The zero-order valence-corrected chi connectivity index (χ0v) is 13.5. The molecular formula is C20H22N2O. The Morgan fingerprint density at radius 3 is 2.78 bits per heavy atom. The molecule has 2 aromatic rings. The van der Waals surface area contributed by atoms with E-state index in [2.05, 4.69) is 30.0 Å². The third-order valence-corrected chi connectivity index (χ3v) is 4.38. The van der Waals surface area contributed by atoms with Crippen molar-refractivity contribution in [1.29, 1.82) is 5.26 Å². The molecule has 118 valence electrons. The number of nitrogens with zero attached hydrogens (tertiary/aromatic N) is 2. The third-order valence-electron chi connectivity index (χ3n) is 4.38. The minimum atomic E-state index is 0.421. The number of hydrogen-bond acceptors (Lipinski definition) is 3. The second kappa shape index (κ2) is 7.19. The van der Waals surface area contributed by atoms with Gasteiger partial charge >= 0.3 is 0 Å². The average molecular weight is 306 g/mol. The Bertz CT molecular complexity index is 705. The van der Waals surface area contributed by atoms with Crippen molar-refractivity contribution >= 4 is 5.69 Å². The highest BCUT2D eigenvalue weighted by Crippen LogP contribution is 2.32. The smallest absolute Gasteiger partial charge is 0.143 e. The highest BCUT2D eigenvalue weighted by molar-refractivity contribution is 5.58. The molecule has 1 aliphatic heterocycles. The van der Waals surface area contributed by atoms with Crippen molar-refractivity contribution in [3.8, 4) is 11.8 Å². The summed E-state index contributed by atoms with van der Waals surface area (Å²) in [6, 6.07) is 18.0. The van der Waals surface area contributed by atoms with E-state index in [-0.39, 0.29) is 0 Å². The van der Waals surface area contributed by atoms with Crippen molar-refractivity contribution in [1.82, 2.24) is 0 Å². The van der Waals surface area contributed by atoms with Crippen LogP contribution in [0.3, 0.4) is 0 Å². The standard InChI is InChI=1S/C20H22N2O/c1-16-7-6-12-22(14-16)19-10-4-5-11-20(19)23-15-18-9-3-2-8-17(18)13-21/h2-5,8-11,16H,6-7,12,14-15H2,1H3. The molecule has 2 aromatic carbocycles. The molecule has 1 saturated heterocycles. The number of ether oxygens (including phenoxy) is 1. The molecule has 1 heterocycles. The fraction of sp³-hybridized carbons (Fsp3) is 0.350. The summed E-state index contributed by atoms with van der Waals surface area (Å²) in [6.45, 7) is 4.89. The van der Waals surface area contributed by atoms with Crippen LogP contribution in [0, 0.1) is 17.2 Å². The summed E-state index contributed by atoms with van der Waals surface area (Å²) >= 11 is 0. The van der Waals surface area contributed by atoms with Gasteiger partial charge in [-0.25, -0.2) is 0 Å². The first-order chi connectivity index (χ1) is 11.3. The van der Waals surface area contributed by atoms with E-state index in [1.165, 1.54) is 12.8 Å². The largest absolute Gasteiger partial charge is 0.487 e. The van der Waals surface area contributed by atoms with Gasteiger partial charge in [-0.05, 0) is 37.0 Å². The van der Waals surface area contributed by atoms with Gasteiger partial charge in [0.25, 0.3) is 0 Å². The quantitative estimate of drug-likeness (QED) is 0.841. The van der Waals surface area contributed by atoms with E-state index in [4.69, 9.17) is 4.74 Å². The molecule has 1 unspecified atom stereocenters. The Morgan fingerprint density at radius 1 is 1.17 bits per heavy atom. The first kappa shape index (κ1) is 15.4. The minimum absolute atomic E-state index is 0.421. The highest BCUT2D eigenvalue weighted by Gasteiger charge is 2.19. The maximum absolute atomic E-state index is 9.19. The van der Waals surface area contributed by atoms with Gasteiger partial charge in [-0.15, -0.1) is 0 Å². The molecule has 3 heteroatoms. The van der Waals surface area contributed by atoms with Gasteiger partial charge in [0.05, 0.1) is 17.3 Å². The summed E-state index contributed by atoms with van der Waals surface area (Å²) in [5.74, 6) is 1.62. The van der Waals surface area contributed by atoms with Crippen molar-refractivity contribution in [2.24, 2.45) is 5.92 Å². The Labute approximate surface area is 138 Å². The number of rotatable bonds is 4. The molecule has 0 radical (unpaired) electrons. The predicted octanol–water partition coefficient (Wildman–Crippen LogP) is 4.37. The summed E-state index contributed by atoms with van der Waals surface area (Å²) in [4.78, 5) is 2.42. The van der Waals surface area contributed by atoms with E-state index in [1.54, 1.807) is 0 Å². The number of hydrogen-bond donors (Lipinski definition) is 0. The topological polar surface area (TPSA) is 36.3 Å². The molecule has 1 atom stereocenters. The molecule has 0 saturated carbocycles. The van der Waals surface area contributed by atoms with Gasteiger partial charge < -0.3 is 9.64 Å². The summed E-state index contributed by atoms with van der Waals surface area (Å²) in [5.41, 5.74) is 2.77. The van der Waals surface area contributed by atoms with Gasteiger partial charge in [0.15, 0.2) is 0 Å². The first-order valence-electron chi connectivity index (χ1n) is 8.22. The maximum atomic E-state index is 9.19. The molecule has 1 aliphatic rings. The second-order valence-corrected chi connectivity index (χ2v) is 6.22. The normalized spacial score (nSPS) is 17.6. The molecule has 0 amide bonds. The first-order valence-corrected chi connectivity index (χ1v) is 8.22. The fourth-order valence-electron chi connectivity index (χ4n) is 3.16. The molecule has 0 spiro atoms. The molecule has 0 N–H and O–H groups in total. The molecule has 0 bridgehead atoms. The van der Waals surface area contributed by atoms with Gasteiger partial charge in [-0.3, -0.25) is 0 Å². The number of nitriles is 1. The van der Waals surface area contributed by atoms with Gasteiger partial charge in [-0.2, -0.15) is 5.26 Å². The number of benzene rings is 2. The lowest BCUT2D eigenvalue weighted by Gasteiger charge is -2.33. The molecular weight excluding hydrogens is 284 g/mol. The van der Waals surface area contributed by atoms with Crippen LogP contribution in [0.15, 0.2) is 48.5 Å². The highest BCUT2D eigenvalue weighted by atomic mass is 16.5. The Hall–Kier alpha value is -2.47. The second-order valence-electron chi connectivity index (χ2n) is 6.22. The van der Waals surface area contributed by atoms with Crippen LogP contribution in [0.25, 0.3) is 0 Å². The van der Waals surface area contributed by atoms with Crippen LogP contribution in [0.2, 0.25) is 0 Å². The van der Waals surface area contributed by atoms with Gasteiger partial charge in [0.2, 0.25) is 0 Å². The van der Waals surface area contributed by atoms with E-state index in [9.17, 15) is 5.26 Å². The van der Waals surface area contributed by atoms with Crippen molar-refractivity contribution in [2.45, 2.75) is 26.4 Å². The van der Waals surface area contributed by atoms with Crippen molar-refractivity contribution in [3.05, 3.63) is 59.7 Å². The van der Waals surface area contributed by atoms with Crippen molar-refractivity contribution in [2.75, 3.05) is 18.0 Å². The molecule has 0 aliphatic carbocycles. The summed E-state index contributed by atoms with van der Waals surface area (Å²) < 4.78 is 6.06. The summed E-state index contributed by atoms with van der Waals surface area (Å²) in [6.07, 6.45) is 2.53. The van der Waals surface area contributed by atoms with Crippen molar-refractivity contribution < 1.29 is 4.74 Å². The zero-order chi connectivity index (χ0) is 16.1. The molecule has 1 fully saturated rings. The lowest BCUT2D eigenvalue weighted by Crippen LogP contribution is -2.34. The van der Waals surface area contributed by atoms with Crippen molar-refractivity contribution in [3.63, 3.8) is 0 Å².